The van der Waals surface area contributed by atoms with Crippen molar-refractivity contribution in [2.24, 2.45) is 41.4 Å². The van der Waals surface area contributed by atoms with Crippen LogP contribution >= 0.6 is 0 Å². The van der Waals surface area contributed by atoms with E-state index in [0.29, 0.717) is 0 Å². The average Bonchev–Trinajstić information content (AvgIpc) is 3.33. The molecule has 5 unspecified atom stereocenters. The molecule has 0 spiro atoms. The van der Waals surface area contributed by atoms with Gasteiger partial charge in [-0.05, 0) is 60.7 Å². The molecule has 0 N–H and O–H groups in total. The van der Waals surface area contributed by atoms with Gasteiger partial charge in [0.1, 0.15) is 0 Å². The fraction of sp³-hybridized carbons (Fsp3) is 1.00. The molecule has 0 radical (unpaired) electrons. The van der Waals surface area contributed by atoms with Gasteiger partial charge in [-0.15, -0.1) is 0 Å². The minimum absolute atomic E-state index is 1.01. The lowest BCUT2D eigenvalue weighted by Gasteiger charge is -2.43. The van der Waals surface area contributed by atoms with Crippen molar-refractivity contribution in [2.75, 3.05) is 0 Å². The van der Waals surface area contributed by atoms with E-state index >= 15 is 0 Å². The second-order valence-electron chi connectivity index (χ2n) is 12.9. The van der Waals surface area contributed by atoms with Gasteiger partial charge in [-0.3, -0.25) is 0 Å². The zero-order valence-electron chi connectivity index (χ0n) is 23.9. The molecule has 4 aliphatic rings. The molecule has 0 nitrogen and oxygen atoms in total. The van der Waals surface area contributed by atoms with Crippen LogP contribution in [-0.2, 0) is 0 Å². The Morgan fingerprint density at radius 3 is 1.73 bits per heavy atom. The van der Waals surface area contributed by atoms with Crippen molar-refractivity contribution in [3.05, 3.63) is 0 Å². The van der Waals surface area contributed by atoms with E-state index in [4.69, 9.17) is 0 Å². The molecule has 0 aromatic heterocycles. The van der Waals surface area contributed by atoms with Crippen LogP contribution in [0.5, 0.6) is 0 Å². The van der Waals surface area contributed by atoms with Crippen LogP contribution in [0.15, 0.2) is 0 Å². The summed E-state index contributed by atoms with van der Waals surface area (Å²) in [6.45, 7) is 12.1. The molecule has 196 valence electrons. The van der Waals surface area contributed by atoms with Crippen molar-refractivity contribution < 1.29 is 0 Å². The molecule has 4 saturated carbocycles. The summed E-state index contributed by atoms with van der Waals surface area (Å²) in [7, 11) is 0. The predicted octanol–water partition coefficient (Wildman–Crippen LogP) is 11.6. The third kappa shape index (κ3) is 11.1. The number of hydrogen-bond donors (Lipinski definition) is 0. The third-order valence-corrected chi connectivity index (χ3v) is 10.3. The quantitative estimate of drug-likeness (QED) is 0.391. The summed E-state index contributed by atoms with van der Waals surface area (Å²) in [4.78, 5) is 0. The molecule has 0 aromatic rings. The summed E-state index contributed by atoms with van der Waals surface area (Å²) >= 11 is 0. The lowest BCUT2D eigenvalue weighted by Crippen LogP contribution is -2.35. The molecule has 0 heteroatoms. The van der Waals surface area contributed by atoms with Gasteiger partial charge >= 0.3 is 0 Å². The molecule has 0 heterocycles. The maximum absolute atomic E-state index is 2.55. The van der Waals surface area contributed by atoms with Crippen LogP contribution in [-0.4, -0.2) is 0 Å². The Bertz CT molecular complexity index is 437. The number of rotatable bonds is 4. The van der Waals surface area contributed by atoms with Gasteiger partial charge < -0.3 is 0 Å². The van der Waals surface area contributed by atoms with Crippen LogP contribution in [0.1, 0.15) is 169 Å². The average molecular weight is 461 g/mol. The number of hydrogen-bond acceptors (Lipinski definition) is 0. The van der Waals surface area contributed by atoms with E-state index < -0.39 is 0 Å². The molecule has 0 aliphatic heterocycles. The van der Waals surface area contributed by atoms with Crippen molar-refractivity contribution in [3.63, 3.8) is 0 Å². The molecule has 0 bridgehead atoms. The molecular weight excluding hydrogens is 396 g/mol. The zero-order chi connectivity index (χ0) is 23.9. The summed E-state index contributed by atoms with van der Waals surface area (Å²) in [5.41, 5.74) is 0. The lowest BCUT2D eigenvalue weighted by atomic mass is 9.63. The van der Waals surface area contributed by atoms with Crippen LogP contribution in [0.25, 0.3) is 0 Å². The summed E-state index contributed by atoms with van der Waals surface area (Å²) < 4.78 is 0. The molecule has 4 rings (SSSR count). The zero-order valence-corrected chi connectivity index (χ0v) is 23.9. The highest BCUT2D eigenvalue weighted by atomic mass is 14.5. The predicted molar refractivity (Wildman–Crippen MR) is 150 cm³/mol. The van der Waals surface area contributed by atoms with Gasteiger partial charge in [0.25, 0.3) is 0 Å². The van der Waals surface area contributed by atoms with Crippen molar-refractivity contribution in [3.8, 4) is 0 Å². The molecular formula is C33H64. The molecule has 0 aromatic carbocycles. The second-order valence-corrected chi connectivity index (χ2v) is 12.9. The monoisotopic (exact) mass is 461 g/mol. The highest BCUT2D eigenvalue weighted by molar-refractivity contribution is 4.91. The van der Waals surface area contributed by atoms with Gasteiger partial charge in [-0.25, -0.2) is 0 Å². The Morgan fingerprint density at radius 2 is 1.18 bits per heavy atom. The summed E-state index contributed by atoms with van der Waals surface area (Å²) in [5.74, 6) is 7.38. The van der Waals surface area contributed by atoms with Crippen LogP contribution in [0, 0.1) is 41.4 Å². The van der Waals surface area contributed by atoms with E-state index in [9.17, 15) is 0 Å². The van der Waals surface area contributed by atoms with Crippen LogP contribution < -0.4 is 0 Å². The van der Waals surface area contributed by atoms with E-state index in [1.165, 1.54) is 116 Å². The van der Waals surface area contributed by atoms with E-state index in [0.717, 1.165) is 41.4 Å². The SMILES string of the molecule is CC1CCCCC1.CCC1CCCCCCCC1.CCCCC1C(C)CC2CCCC2C1C. The first-order chi connectivity index (χ1) is 16.1. The fourth-order valence-corrected chi connectivity index (χ4v) is 7.96. The molecule has 4 fully saturated rings. The number of fused-ring (bicyclic) bond motifs is 1. The van der Waals surface area contributed by atoms with Gasteiger partial charge in [0.05, 0.1) is 0 Å². The fourth-order valence-electron chi connectivity index (χ4n) is 7.96. The maximum Gasteiger partial charge on any atom is -0.0357 e. The summed E-state index contributed by atoms with van der Waals surface area (Å²) in [5, 5.41) is 0. The minimum atomic E-state index is 1.01. The van der Waals surface area contributed by atoms with Crippen molar-refractivity contribution in [1.82, 2.24) is 0 Å². The van der Waals surface area contributed by atoms with Crippen LogP contribution in [0.4, 0.5) is 0 Å². The Kier molecular flexibility index (Phi) is 15.4. The highest BCUT2D eigenvalue weighted by Gasteiger charge is 2.42. The summed E-state index contributed by atoms with van der Waals surface area (Å²) in [6, 6.07) is 0. The van der Waals surface area contributed by atoms with Gasteiger partial charge in [0, 0.05) is 0 Å². The van der Waals surface area contributed by atoms with Gasteiger partial charge in [-0.1, -0.05) is 150 Å². The van der Waals surface area contributed by atoms with E-state index in [1.807, 2.05) is 0 Å². The van der Waals surface area contributed by atoms with Crippen molar-refractivity contribution in [2.45, 2.75) is 169 Å². The Balaban J connectivity index is 0.000000188. The molecule has 5 atom stereocenters. The van der Waals surface area contributed by atoms with Gasteiger partial charge in [0.2, 0.25) is 0 Å². The van der Waals surface area contributed by atoms with Crippen LogP contribution in [0.3, 0.4) is 0 Å². The first-order valence-electron chi connectivity index (χ1n) is 16.1. The van der Waals surface area contributed by atoms with E-state index in [1.54, 1.807) is 19.3 Å². The third-order valence-electron chi connectivity index (χ3n) is 10.3. The van der Waals surface area contributed by atoms with Crippen molar-refractivity contribution >= 4 is 0 Å². The topological polar surface area (TPSA) is 0 Å². The maximum atomic E-state index is 2.55. The first-order valence-corrected chi connectivity index (χ1v) is 16.1. The minimum Gasteiger partial charge on any atom is -0.0654 e. The largest absolute Gasteiger partial charge is 0.0654 e. The molecule has 33 heavy (non-hydrogen) atoms. The summed E-state index contributed by atoms with van der Waals surface area (Å²) in [6.07, 6.45) is 31.3. The second kappa shape index (κ2) is 17.4. The first kappa shape index (κ1) is 29.2. The Hall–Kier alpha value is 0. The van der Waals surface area contributed by atoms with Gasteiger partial charge in [0.15, 0.2) is 0 Å². The molecule has 0 saturated heterocycles. The standard InChI is InChI=1S/C15H28.C11H22.C7H14/c1-4-5-8-14-11(2)10-13-7-6-9-15(13)12(14)3;1-2-11-9-7-5-3-4-6-8-10-11;1-7-5-3-2-4-6-7/h11-15H,4-10H2,1-3H3;11H,2-10H2,1H3;7H,2-6H2,1H3. The van der Waals surface area contributed by atoms with E-state index in [-0.39, 0.29) is 0 Å². The highest BCUT2D eigenvalue weighted by Crippen LogP contribution is 2.51. The van der Waals surface area contributed by atoms with Crippen molar-refractivity contribution in [1.29, 1.82) is 0 Å². The van der Waals surface area contributed by atoms with Crippen LogP contribution in [0.2, 0.25) is 0 Å². The Labute approximate surface area is 210 Å². The molecule has 4 aliphatic carbocycles. The lowest BCUT2D eigenvalue weighted by molar-refractivity contribution is 0.0663. The Morgan fingerprint density at radius 1 is 0.606 bits per heavy atom. The molecule has 0 amide bonds. The number of unbranched alkanes of at least 4 members (excludes halogenated alkanes) is 1. The normalized spacial score (nSPS) is 33.9. The van der Waals surface area contributed by atoms with Gasteiger partial charge in [-0.2, -0.15) is 0 Å². The smallest absolute Gasteiger partial charge is 0.0357 e. The van der Waals surface area contributed by atoms with E-state index in [2.05, 4.69) is 34.6 Å².